The Morgan fingerprint density at radius 3 is 2.65 bits per heavy atom. The minimum Gasteiger partial charge on any atom is -0.457 e. The van der Waals surface area contributed by atoms with Crippen LogP contribution in [-0.2, 0) is 9.84 Å². The summed E-state index contributed by atoms with van der Waals surface area (Å²) >= 11 is 5.14. The van der Waals surface area contributed by atoms with Crippen LogP contribution in [0.5, 0.6) is 11.5 Å². The predicted molar refractivity (Wildman–Crippen MR) is 106 cm³/mol. The third-order valence-corrected chi connectivity index (χ3v) is 5.76. The van der Waals surface area contributed by atoms with Crippen LogP contribution in [0.25, 0.3) is 0 Å². The first kappa shape index (κ1) is 18.3. The third kappa shape index (κ3) is 5.53. The summed E-state index contributed by atoms with van der Waals surface area (Å²) in [4.78, 5) is 0. The SMILES string of the molecule is O=S1(=O)CC[C@H](NC(=S)N/N=C\c2cccc(Oc3ccccc3)c2)C1. The van der Waals surface area contributed by atoms with Crippen LogP contribution in [0.1, 0.15) is 12.0 Å². The number of thiocarbonyl (C=S) groups is 1. The molecule has 0 saturated carbocycles. The molecule has 1 atom stereocenters. The molecule has 6 nitrogen and oxygen atoms in total. The molecule has 0 aliphatic carbocycles. The molecule has 136 valence electrons. The van der Waals surface area contributed by atoms with Gasteiger partial charge >= 0.3 is 0 Å². The zero-order valence-corrected chi connectivity index (χ0v) is 15.6. The molecule has 0 bridgehead atoms. The molecular formula is C18H19N3O3S2. The molecule has 1 fully saturated rings. The molecule has 0 spiro atoms. The number of rotatable bonds is 5. The van der Waals surface area contributed by atoms with Crippen molar-refractivity contribution in [2.45, 2.75) is 12.5 Å². The normalized spacial score (nSPS) is 18.5. The zero-order chi connectivity index (χ0) is 18.4. The lowest BCUT2D eigenvalue weighted by atomic mass is 10.2. The molecule has 3 rings (SSSR count). The van der Waals surface area contributed by atoms with Gasteiger partial charge in [-0.3, -0.25) is 5.43 Å². The van der Waals surface area contributed by atoms with Crippen molar-refractivity contribution >= 4 is 33.4 Å². The van der Waals surface area contributed by atoms with E-state index in [2.05, 4.69) is 15.8 Å². The average molecular weight is 390 g/mol. The van der Waals surface area contributed by atoms with Crippen molar-refractivity contribution in [3.63, 3.8) is 0 Å². The summed E-state index contributed by atoms with van der Waals surface area (Å²) in [6.45, 7) is 0. The van der Waals surface area contributed by atoms with E-state index in [1.54, 1.807) is 6.21 Å². The Bertz CT molecular complexity index is 899. The summed E-state index contributed by atoms with van der Waals surface area (Å²) in [6.07, 6.45) is 2.18. The fraction of sp³-hybridized carbons (Fsp3) is 0.222. The molecule has 2 aromatic rings. The van der Waals surface area contributed by atoms with Gasteiger partial charge in [0, 0.05) is 6.04 Å². The molecule has 0 unspecified atom stereocenters. The first-order chi connectivity index (χ1) is 12.5. The van der Waals surface area contributed by atoms with Gasteiger partial charge in [0.25, 0.3) is 0 Å². The Morgan fingerprint density at radius 2 is 1.92 bits per heavy atom. The second-order valence-corrected chi connectivity index (χ2v) is 8.57. The fourth-order valence-electron chi connectivity index (χ4n) is 2.57. The van der Waals surface area contributed by atoms with Crippen molar-refractivity contribution < 1.29 is 13.2 Å². The van der Waals surface area contributed by atoms with E-state index < -0.39 is 9.84 Å². The van der Waals surface area contributed by atoms with Crippen molar-refractivity contribution in [1.29, 1.82) is 0 Å². The molecule has 26 heavy (non-hydrogen) atoms. The fourth-order valence-corrected chi connectivity index (χ4v) is 4.47. The minimum atomic E-state index is -2.94. The summed E-state index contributed by atoms with van der Waals surface area (Å²) in [7, 11) is -2.94. The molecule has 0 aromatic heterocycles. The van der Waals surface area contributed by atoms with Gasteiger partial charge in [-0.05, 0) is 48.5 Å². The quantitative estimate of drug-likeness (QED) is 0.465. The number of benzene rings is 2. The number of hydrogen-bond acceptors (Lipinski definition) is 5. The van der Waals surface area contributed by atoms with E-state index in [0.29, 0.717) is 17.3 Å². The maximum Gasteiger partial charge on any atom is 0.187 e. The largest absolute Gasteiger partial charge is 0.457 e. The van der Waals surface area contributed by atoms with E-state index in [-0.39, 0.29) is 17.5 Å². The number of sulfone groups is 1. The van der Waals surface area contributed by atoms with E-state index in [1.165, 1.54) is 0 Å². The first-order valence-corrected chi connectivity index (χ1v) is 10.4. The Balaban J connectivity index is 1.52. The number of hydrazone groups is 1. The van der Waals surface area contributed by atoms with Gasteiger partial charge in [-0.25, -0.2) is 8.42 Å². The van der Waals surface area contributed by atoms with Crippen LogP contribution in [0.15, 0.2) is 59.7 Å². The van der Waals surface area contributed by atoms with Gasteiger partial charge in [-0.15, -0.1) is 0 Å². The average Bonchev–Trinajstić information content (AvgIpc) is 2.94. The summed E-state index contributed by atoms with van der Waals surface area (Å²) in [5.41, 5.74) is 3.55. The van der Waals surface area contributed by atoms with Crippen LogP contribution in [0.4, 0.5) is 0 Å². The zero-order valence-electron chi connectivity index (χ0n) is 14.0. The van der Waals surface area contributed by atoms with E-state index >= 15 is 0 Å². The highest BCUT2D eigenvalue weighted by atomic mass is 32.2. The van der Waals surface area contributed by atoms with Gasteiger partial charge in [0.1, 0.15) is 11.5 Å². The Labute approximate surface area is 158 Å². The molecule has 1 heterocycles. The highest BCUT2D eigenvalue weighted by Crippen LogP contribution is 2.21. The lowest BCUT2D eigenvalue weighted by Crippen LogP contribution is -2.40. The summed E-state index contributed by atoms with van der Waals surface area (Å²) in [6, 6.07) is 16.9. The molecule has 0 amide bonds. The van der Waals surface area contributed by atoms with Gasteiger partial charge < -0.3 is 10.1 Å². The molecule has 1 aliphatic heterocycles. The van der Waals surface area contributed by atoms with Crippen molar-refractivity contribution in [3.05, 3.63) is 60.2 Å². The van der Waals surface area contributed by atoms with Gasteiger partial charge in [-0.2, -0.15) is 5.10 Å². The predicted octanol–water partition coefficient (Wildman–Crippen LogP) is 2.46. The molecule has 8 heteroatoms. The van der Waals surface area contributed by atoms with Crippen LogP contribution >= 0.6 is 12.2 Å². The Hall–Kier alpha value is -2.45. The van der Waals surface area contributed by atoms with Crippen molar-refractivity contribution in [2.24, 2.45) is 5.10 Å². The molecule has 1 saturated heterocycles. The van der Waals surface area contributed by atoms with Gasteiger partial charge in [0.05, 0.1) is 17.7 Å². The lowest BCUT2D eigenvalue weighted by Gasteiger charge is -2.12. The number of nitrogens with one attached hydrogen (secondary N) is 2. The van der Waals surface area contributed by atoms with Gasteiger partial charge in [0.15, 0.2) is 14.9 Å². The van der Waals surface area contributed by atoms with Crippen molar-refractivity contribution in [2.75, 3.05) is 11.5 Å². The highest BCUT2D eigenvalue weighted by molar-refractivity contribution is 7.91. The van der Waals surface area contributed by atoms with Crippen LogP contribution < -0.4 is 15.5 Å². The van der Waals surface area contributed by atoms with Gasteiger partial charge in [-0.1, -0.05) is 30.3 Å². The Morgan fingerprint density at radius 1 is 1.15 bits per heavy atom. The van der Waals surface area contributed by atoms with E-state index in [4.69, 9.17) is 17.0 Å². The highest BCUT2D eigenvalue weighted by Gasteiger charge is 2.28. The van der Waals surface area contributed by atoms with Crippen molar-refractivity contribution in [1.82, 2.24) is 10.7 Å². The van der Waals surface area contributed by atoms with Crippen molar-refractivity contribution in [3.8, 4) is 11.5 Å². The minimum absolute atomic E-state index is 0.109. The van der Waals surface area contributed by atoms with E-state index in [1.807, 2.05) is 54.6 Å². The maximum atomic E-state index is 11.4. The Kier molecular flexibility index (Phi) is 5.85. The molecule has 2 N–H and O–H groups in total. The number of para-hydroxylation sites is 1. The molecular weight excluding hydrogens is 370 g/mol. The monoisotopic (exact) mass is 389 g/mol. The lowest BCUT2D eigenvalue weighted by molar-refractivity contribution is 0.482. The van der Waals surface area contributed by atoms with Crippen LogP contribution in [0, 0.1) is 0 Å². The van der Waals surface area contributed by atoms with E-state index in [9.17, 15) is 8.42 Å². The molecule has 1 aliphatic rings. The summed E-state index contributed by atoms with van der Waals surface area (Å²) in [5, 5.41) is 7.36. The van der Waals surface area contributed by atoms with E-state index in [0.717, 1.165) is 11.3 Å². The maximum absolute atomic E-state index is 11.4. The standard InChI is InChI=1S/C18H19N3O3S2/c22-26(23)10-9-15(13-26)20-18(25)21-19-12-14-5-4-8-17(11-14)24-16-6-2-1-3-7-16/h1-8,11-12,15H,9-10,13H2,(H2,20,21,25)/b19-12-/t15-/m0/s1. The second kappa shape index (κ2) is 8.29. The summed E-state index contributed by atoms with van der Waals surface area (Å²) in [5.74, 6) is 1.77. The topological polar surface area (TPSA) is 79.8 Å². The van der Waals surface area contributed by atoms with Crippen LogP contribution in [-0.4, -0.2) is 37.3 Å². The molecule has 2 aromatic carbocycles. The third-order valence-electron chi connectivity index (χ3n) is 3.78. The van der Waals surface area contributed by atoms with Gasteiger partial charge in [0.2, 0.25) is 0 Å². The van der Waals surface area contributed by atoms with Crippen LogP contribution in [0.3, 0.4) is 0 Å². The number of hydrogen-bond donors (Lipinski definition) is 2. The first-order valence-electron chi connectivity index (χ1n) is 8.13. The molecule has 0 radical (unpaired) electrons. The summed E-state index contributed by atoms with van der Waals surface area (Å²) < 4.78 is 28.7. The van der Waals surface area contributed by atoms with Crippen LogP contribution in [0.2, 0.25) is 0 Å². The number of ether oxygens (including phenoxy) is 1. The number of nitrogens with zero attached hydrogens (tertiary/aromatic N) is 1. The second-order valence-electron chi connectivity index (χ2n) is 5.93. The smallest absolute Gasteiger partial charge is 0.187 e.